The summed E-state index contributed by atoms with van der Waals surface area (Å²) in [7, 11) is -0.305. The Kier molecular flexibility index (Phi) is 8.22. The van der Waals surface area contributed by atoms with Crippen LogP contribution in [0.3, 0.4) is 0 Å². The maximum atomic E-state index is 11.2. The van der Waals surface area contributed by atoms with E-state index in [1.54, 1.807) is 0 Å². The van der Waals surface area contributed by atoms with Crippen molar-refractivity contribution < 1.29 is 9.36 Å². The van der Waals surface area contributed by atoms with E-state index in [1.165, 1.54) is 0 Å². The Morgan fingerprint density at radius 3 is 1.92 bits per heavy atom. The fourth-order valence-electron chi connectivity index (χ4n) is 1.37. The van der Waals surface area contributed by atoms with Crippen LogP contribution in [0, 0.1) is 5.92 Å². The minimum atomic E-state index is -0.305. The first-order chi connectivity index (χ1) is 6.26. The van der Waals surface area contributed by atoms with Gasteiger partial charge in [0.2, 0.25) is 14.0 Å². The van der Waals surface area contributed by atoms with Crippen molar-refractivity contribution >= 4 is 14.0 Å². The maximum absolute atomic E-state index is 11.2. The van der Waals surface area contributed by atoms with Gasteiger partial charge in [0.1, 0.15) is 0 Å². The van der Waals surface area contributed by atoms with Gasteiger partial charge in [0.15, 0.2) is 0 Å². The van der Waals surface area contributed by atoms with Crippen LogP contribution in [0.5, 0.6) is 0 Å². The zero-order valence-electron chi connectivity index (χ0n) is 8.58. The average molecular weight is 202 g/mol. The van der Waals surface area contributed by atoms with Crippen LogP contribution < -0.4 is 0 Å². The molecule has 0 unspecified atom stereocenters. The van der Waals surface area contributed by atoms with Gasteiger partial charge in [-0.05, 0) is 12.8 Å². The second-order valence-corrected chi connectivity index (χ2v) is 4.03. The average Bonchev–Trinajstić information content (AvgIpc) is 2.17. The molecule has 0 radical (unpaired) electrons. The highest BCUT2D eigenvalue weighted by atomic mass is 31.1. The molecule has 0 rings (SSSR count). The molecule has 76 valence electrons. The minimum Gasteiger partial charge on any atom is -0.286 e. The molecule has 0 fully saturated rings. The molecule has 0 aromatic carbocycles. The van der Waals surface area contributed by atoms with Crippen LogP contribution in [-0.2, 0) is 9.36 Å². The van der Waals surface area contributed by atoms with Crippen molar-refractivity contribution in [3.05, 3.63) is 0 Å². The van der Waals surface area contributed by atoms with Crippen LogP contribution in [-0.4, -0.2) is 5.52 Å². The van der Waals surface area contributed by atoms with Crippen LogP contribution >= 0.6 is 8.46 Å². The Balaban J connectivity index is 3.86. The Morgan fingerprint density at radius 1 is 1.15 bits per heavy atom. The smallest absolute Gasteiger partial charge is 0.232 e. The van der Waals surface area contributed by atoms with E-state index in [9.17, 15) is 9.36 Å². The fraction of sp³-hybridized carbons (Fsp3) is 0.900. The molecule has 0 bridgehead atoms. The SMILES string of the molecule is CCCCC(CCCC)C(=O)P=O. The van der Waals surface area contributed by atoms with Crippen molar-refractivity contribution in [3.8, 4) is 0 Å². The van der Waals surface area contributed by atoms with Crippen LogP contribution in [0.1, 0.15) is 52.4 Å². The zero-order chi connectivity index (χ0) is 10.1. The number of hydrogen-bond acceptors (Lipinski definition) is 2. The highest BCUT2D eigenvalue weighted by molar-refractivity contribution is 7.46. The predicted octanol–water partition coefficient (Wildman–Crippen LogP) is 3.80. The van der Waals surface area contributed by atoms with Gasteiger partial charge in [-0.25, -0.2) is 0 Å². The first-order valence-corrected chi connectivity index (χ1v) is 5.94. The fourth-order valence-corrected chi connectivity index (χ4v) is 1.77. The lowest BCUT2D eigenvalue weighted by atomic mass is 9.97. The third kappa shape index (κ3) is 5.93. The van der Waals surface area contributed by atoms with Gasteiger partial charge in [-0.15, -0.1) is 0 Å². The molecule has 0 aromatic heterocycles. The molecule has 0 atom stereocenters. The van der Waals surface area contributed by atoms with Crippen LogP contribution in [0.4, 0.5) is 0 Å². The molecule has 0 N–H and O–H groups in total. The Morgan fingerprint density at radius 2 is 1.62 bits per heavy atom. The Labute approximate surface area is 82.3 Å². The summed E-state index contributed by atoms with van der Waals surface area (Å²) in [5.74, 6) is 0.0408. The summed E-state index contributed by atoms with van der Waals surface area (Å²) in [4.78, 5) is 11.2. The summed E-state index contributed by atoms with van der Waals surface area (Å²) in [6.45, 7) is 4.21. The maximum Gasteiger partial charge on any atom is 0.232 e. The van der Waals surface area contributed by atoms with Crippen molar-refractivity contribution in [2.75, 3.05) is 0 Å². The molecule has 0 aliphatic rings. The standard InChI is InChI=1S/C10H19O2P/c1-3-5-7-9(8-6-4-2)10(11)13-12/h9H,3-8H2,1-2H3. The molecule has 2 nitrogen and oxygen atoms in total. The lowest BCUT2D eigenvalue weighted by molar-refractivity contribution is -0.115. The summed E-state index contributed by atoms with van der Waals surface area (Å²) >= 11 is 0. The molecule has 0 spiro atoms. The van der Waals surface area contributed by atoms with Crippen LogP contribution in [0.25, 0.3) is 0 Å². The molecule has 0 amide bonds. The zero-order valence-corrected chi connectivity index (χ0v) is 9.48. The van der Waals surface area contributed by atoms with E-state index in [0.717, 1.165) is 38.5 Å². The molecule has 3 heteroatoms. The molecular formula is C10H19O2P. The monoisotopic (exact) mass is 202 g/mol. The number of carbonyl (C=O) groups excluding carboxylic acids is 1. The highest BCUT2D eigenvalue weighted by Gasteiger charge is 2.16. The number of hydrogen-bond donors (Lipinski definition) is 0. The normalized spacial score (nSPS) is 11.0. The molecular weight excluding hydrogens is 183 g/mol. The lowest BCUT2D eigenvalue weighted by Crippen LogP contribution is -2.08. The van der Waals surface area contributed by atoms with Crippen molar-refractivity contribution in [1.29, 1.82) is 0 Å². The second-order valence-electron chi connectivity index (χ2n) is 3.41. The summed E-state index contributed by atoms with van der Waals surface area (Å²) in [5, 5.41) is 0. The molecule has 13 heavy (non-hydrogen) atoms. The van der Waals surface area contributed by atoms with Crippen molar-refractivity contribution in [2.45, 2.75) is 52.4 Å². The van der Waals surface area contributed by atoms with Crippen LogP contribution in [0.15, 0.2) is 0 Å². The van der Waals surface area contributed by atoms with E-state index in [2.05, 4.69) is 13.8 Å². The topological polar surface area (TPSA) is 34.1 Å². The Bertz CT molecular complexity index is 149. The molecule has 0 saturated carbocycles. The van der Waals surface area contributed by atoms with Crippen molar-refractivity contribution in [2.24, 2.45) is 5.92 Å². The molecule has 0 aromatic rings. The molecule has 0 aliphatic carbocycles. The summed E-state index contributed by atoms with van der Waals surface area (Å²) < 4.78 is 10.4. The van der Waals surface area contributed by atoms with Crippen molar-refractivity contribution in [3.63, 3.8) is 0 Å². The third-order valence-corrected chi connectivity index (χ3v) is 2.80. The van der Waals surface area contributed by atoms with Gasteiger partial charge in [-0.3, -0.25) is 9.36 Å². The highest BCUT2D eigenvalue weighted by Crippen LogP contribution is 2.21. The Hall–Kier alpha value is -0.230. The predicted molar refractivity (Wildman–Crippen MR) is 55.2 cm³/mol. The van der Waals surface area contributed by atoms with E-state index in [1.807, 2.05) is 0 Å². The number of carbonyl (C=O) groups is 1. The summed E-state index contributed by atoms with van der Waals surface area (Å²) in [5.41, 5.74) is -0.109. The van der Waals surface area contributed by atoms with Gasteiger partial charge in [-0.2, -0.15) is 0 Å². The number of rotatable bonds is 8. The van der Waals surface area contributed by atoms with Gasteiger partial charge >= 0.3 is 0 Å². The second kappa shape index (κ2) is 8.37. The van der Waals surface area contributed by atoms with Gasteiger partial charge in [-0.1, -0.05) is 39.5 Å². The van der Waals surface area contributed by atoms with Crippen molar-refractivity contribution in [1.82, 2.24) is 0 Å². The molecule has 0 saturated heterocycles. The van der Waals surface area contributed by atoms with E-state index in [0.29, 0.717) is 0 Å². The lowest BCUT2D eigenvalue weighted by Gasteiger charge is -2.10. The van der Waals surface area contributed by atoms with E-state index in [-0.39, 0.29) is 19.9 Å². The molecule has 0 heterocycles. The third-order valence-electron chi connectivity index (χ3n) is 2.25. The van der Waals surface area contributed by atoms with Gasteiger partial charge in [0.05, 0.1) is 0 Å². The largest absolute Gasteiger partial charge is 0.286 e. The summed E-state index contributed by atoms with van der Waals surface area (Å²) in [6.07, 6.45) is 6.15. The van der Waals surface area contributed by atoms with E-state index < -0.39 is 0 Å². The first-order valence-electron chi connectivity index (χ1n) is 5.13. The van der Waals surface area contributed by atoms with E-state index >= 15 is 0 Å². The first kappa shape index (κ1) is 12.8. The molecule has 0 aliphatic heterocycles. The number of unbranched alkanes of at least 4 members (excludes halogenated alkanes) is 2. The van der Waals surface area contributed by atoms with E-state index in [4.69, 9.17) is 0 Å². The van der Waals surface area contributed by atoms with Gasteiger partial charge < -0.3 is 0 Å². The quantitative estimate of drug-likeness (QED) is 0.561. The van der Waals surface area contributed by atoms with Gasteiger partial charge in [0, 0.05) is 5.92 Å². The van der Waals surface area contributed by atoms with Gasteiger partial charge in [0.25, 0.3) is 0 Å². The minimum absolute atomic E-state index is 0.0408. The van der Waals surface area contributed by atoms with Crippen LogP contribution in [0.2, 0.25) is 0 Å². The summed E-state index contributed by atoms with van der Waals surface area (Å²) in [6, 6.07) is 0.